The largest absolute Gasteiger partial charge is 0.0826 e. The van der Waals surface area contributed by atoms with E-state index in [1.54, 1.807) is 38.5 Å². The fourth-order valence-corrected chi connectivity index (χ4v) is 9.59. The lowest BCUT2D eigenvalue weighted by molar-refractivity contribution is 0.0302. The first-order chi connectivity index (χ1) is 8.63. The zero-order valence-electron chi connectivity index (χ0n) is 10.6. The van der Waals surface area contributed by atoms with Gasteiger partial charge in [-0.05, 0) is 74.0 Å². The second-order valence-electron chi connectivity index (χ2n) is 7.19. The van der Waals surface area contributed by atoms with Gasteiger partial charge >= 0.3 is 0 Å². The van der Waals surface area contributed by atoms with Crippen molar-refractivity contribution in [1.29, 1.82) is 0 Å². The summed E-state index contributed by atoms with van der Waals surface area (Å²) in [6.07, 6.45) is 9.36. The van der Waals surface area contributed by atoms with Gasteiger partial charge in [-0.25, -0.2) is 0 Å². The number of hydrogen-bond donors (Lipinski definition) is 0. The molecular formula is C15H21I3. The molecule has 0 spiro atoms. The summed E-state index contributed by atoms with van der Waals surface area (Å²) in [7, 11) is 0. The Morgan fingerprint density at radius 3 is 0.722 bits per heavy atom. The van der Waals surface area contributed by atoms with Crippen molar-refractivity contribution in [2.75, 3.05) is 0 Å². The average Bonchev–Trinajstić information content (AvgIpc) is 2.93. The molecule has 4 aliphatic rings. The molecule has 4 fully saturated rings. The van der Waals surface area contributed by atoms with E-state index in [4.69, 9.17) is 0 Å². The number of halogens is 3. The molecule has 3 heteroatoms. The Morgan fingerprint density at radius 2 is 0.556 bits per heavy atom. The van der Waals surface area contributed by atoms with Crippen molar-refractivity contribution in [3.63, 3.8) is 0 Å². The Hall–Kier alpha value is 2.19. The Bertz CT molecular complexity index is 250. The maximum Gasteiger partial charge on any atom is 0.0115 e. The van der Waals surface area contributed by atoms with E-state index in [9.17, 15) is 0 Å². The zero-order valence-corrected chi connectivity index (χ0v) is 17.0. The number of fused-ring (bicyclic) bond motifs is 6. The highest BCUT2D eigenvalue weighted by atomic mass is 127. The minimum Gasteiger partial charge on any atom is -0.0826 e. The van der Waals surface area contributed by atoms with E-state index < -0.39 is 0 Å². The van der Waals surface area contributed by atoms with Crippen LogP contribution in [0.1, 0.15) is 38.5 Å². The molecule has 4 saturated carbocycles. The molecule has 18 heavy (non-hydrogen) atoms. The van der Waals surface area contributed by atoms with E-state index in [0.29, 0.717) is 0 Å². The molecule has 0 aromatic rings. The van der Waals surface area contributed by atoms with Gasteiger partial charge in [-0.3, -0.25) is 0 Å². The van der Waals surface area contributed by atoms with Gasteiger partial charge in [0.25, 0.3) is 0 Å². The fourth-order valence-electron chi connectivity index (χ4n) is 6.06. The predicted molar refractivity (Wildman–Crippen MR) is 102 cm³/mol. The SMILES string of the molecule is IC1CC2C3CC(I)CC3C3CC(I)CC3C2C1. The molecule has 0 saturated heterocycles. The molecule has 4 rings (SSSR count). The van der Waals surface area contributed by atoms with Gasteiger partial charge < -0.3 is 0 Å². The molecule has 0 atom stereocenters. The van der Waals surface area contributed by atoms with Crippen LogP contribution >= 0.6 is 67.8 Å². The molecular weight excluding hydrogens is 561 g/mol. The fraction of sp³-hybridized carbons (Fsp3) is 1.00. The summed E-state index contributed by atoms with van der Waals surface area (Å²) in [6, 6.07) is 0. The van der Waals surface area contributed by atoms with Crippen LogP contribution in [-0.4, -0.2) is 11.8 Å². The van der Waals surface area contributed by atoms with Crippen molar-refractivity contribution in [2.24, 2.45) is 35.5 Å². The van der Waals surface area contributed by atoms with E-state index >= 15 is 0 Å². The third-order valence-corrected chi connectivity index (χ3v) is 9.52. The van der Waals surface area contributed by atoms with Gasteiger partial charge in [-0.2, -0.15) is 0 Å². The lowest BCUT2D eigenvalue weighted by Crippen LogP contribution is -2.39. The average molecular weight is 582 g/mol. The van der Waals surface area contributed by atoms with Gasteiger partial charge in [0, 0.05) is 11.8 Å². The van der Waals surface area contributed by atoms with Crippen LogP contribution in [0.5, 0.6) is 0 Å². The van der Waals surface area contributed by atoms with Gasteiger partial charge in [-0.1, -0.05) is 67.8 Å². The normalized spacial score (nSPS) is 62.5. The van der Waals surface area contributed by atoms with Crippen molar-refractivity contribution in [3.8, 4) is 0 Å². The molecule has 0 aliphatic heterocycles. The van der Waals surface area contributed by atoms with Crippen LogP contribution in [0.2, 0.25) is 0 Å². The molecule has 0 radical (unpaired) electrons. The summed E-state index contributed by atoms with van der Waals surface area (Å²) < 4.78 is 3.00. The van der Waals surface area contributed by atoms with Crippen LogP contribution in [0, 0.1) is 35.5 Å². The van der Waals surface area contributed by atoms with Crippen LogP contribution in [-0.2, 0) is 0 Å². The smallest absolute Gasteiger partial charge is 0.0115 e. The molecule has 0 aromatic carbocycles. The molecule has 0 heterocycles. The molecule has 0 aromatic heterocycles. The van der Waals surface area contributed by atoms with Crippen LogP contribution in [0.4, 0.5) is 0 Å². The molecule has 0 N–H and O–H groups in total. The van der Waals surface area contributed by atoms with Crippen LogP contribution in [0.25, 0.3) is 0 Å². The van der Waals surface area contributed by atoms with Crippen molar-refractivity contribution < 1.29 is 0 Å². The summed E-state index contributed by atoms with van der Waals surface area (Å²) in [5, 5.41) is 0. The zero-order chi connectivity index (χ0) is 12.4. The minimum absolute atomic E-state index is 0.999. The first kappa shape index (κ1) is 13.8. The van der Waals surface area contributed by atoms with Crippen LogP contribution in [0.3, 0.4) is 0 Å². The Labute approximate surface area is 152 Å². The van der Waals surface area contributed by atoms with Crippen LogP contribution in [0.15, 0.2) is 0 Å². The predicted octanol–water partition coefficient (Wildman–Crippen LogP) is 5.49. The maximum atomic E-state index is 2.75. The third kappa shape index (κ3) is 2.13. The van der Waals surface area contributed by atoms with Gasteiger partial charge in [0.1, 0.15) is 0 Å². The second-order valence-corrected chi connectivity index (χ2v) is 12.5. The number of hydrogen-bond acceptors (Lipinski definition) is 0. The lowest BCUT2D eigenvalue weighted by atomic mass is 9.60. The molecule has 0 amide bonds. The molecule has 4 aliphatic carbocycles. The topological polar surface area (TPSA) is 0 Å². The molecule has 102 valence electrons. The van der Waals surface area contributed by atoms with Gasteiger partial charge in [-0.15, -0.1) is 0 Å². The standard InChI is InChI=1S/C15H21I3/c16-7-1-10-11(2-7)13-5-9(18)6-15(13)14-4-8(17)3-12(10)14/h7-15H,1-6H2. The quantitative estimate of drug-likeness (QED) is 0.262. The van der Waals surface area contributed by atoms with Crippen LogP contribution < -0.4 is 0 Å². The van der Waals surface area contributed by atoms with E-state index in [0.717, 1.165) is 47.3 Å². The minimum atomic E-state index is 0.999. The summed E-state index contributed by atoms with van der Waals surface area (Å²) in [5.74, 6) is 6.75. The highest BCUT2D eigenvalue weighted by Gasteiger charge is 2.57. The van der Waals surface area contributed by atoms with Gasteiger partial charge in [0.15, 0.2) is 0 Å². The molecule has 0 unspecified atom stereocenters. The highest BCUT2D eigenvalue weighted by molar-refractivity contribution is 14.1. The molecule has 0 bridgehead atoms. The first-order valence-electron chi connectivity index (χ1n) is 7.55. The van der Waals surface area contributed by atoms with Crippen molar-refractivity contribution >= 4 is 67.8 Å². The Balaban J connectivity index is 1.68. The number of rotatable bonds is 0. The summed E-state index contributed by atoms with van der Waals surface area (Å²) >= 11 is 8.25. The lowest BCUT2D eigenvalue weighted by Gasteiger charge is -2.45. The summed E-state index contributed by atoms with van der Waals surface area (Å²) in [5.41, 5.74) is 0. The second kappa shape index (κ2) is 5.13. The Morgan fingerprint density at radius 1 is 0.389 bits per heavy atom. The van der Waals surface area contributed by atoms with E-state index in [2.05, 4.69) is 67.8 Å². The first-order valence-corrected chi connectivity index (χ1v) is 11.3. The highest BCUT2D eigenvalue weighted by Crippen LogP contribution is 2.64. The van der Waals surface area contributed by atoms with Crippen molar-refractivity contribution in [1.82, 2.24) is 0 Å². The summed E-state index contributed by atoms with van der Waals surface area (Å²) in [6.45, 7) is 0. The summed E-state index contributed by atoms with van der Waals surface area (Å²) in [4.78, 5) is 0. The Kier molecular flexibility index (Phi) is 3.94. The third-order valence-electron chi connectivity index (χ3n) is 6.47. The van der Waals surface area contributed by atoms with E-state index in [-0.39, 0.29) is 0 Å². The van der Waals surface area contributed by atoms with Crippen molar-refractivity contribution in [2.45, 2.75) is 50.3 Å². The van der Waals surface area contributed by atoms with Gasteiger partial charge in [0.05, 0.1) is 0 Å². The molecule has 0 nitrogen and oxygen atoms in total. The number of alkyl halides is 3. The van der Waals surface area contributed by atoms with Crippen molar-refractivity contribution in [3.05, 3.63) is 0 Å². The van der Waals surface area contributed by atoms with E-state index in [1.807, 2.05) is 0 Å². The monoisotopic (exact) mass is 582 g/mol. The van der Waals surface area contributed by atoms with Gasteiger partial charge in [0.2, 0.25) is 0 Å². The van der Waals surface area contributed by atoms with E-state index in [1.165, 1.54) is 0 Å². The maximum absolute atomic E-state index is 2.75.